The number of carbonyl (C=O) groups is 1. The van der Waals surface area contributed by atoms with E-state index in [9.17, 15) is 4.79 Å². The molecule has 0 radical (unpaired) electrons. The van der Waals surface area contributed by atoms with Gasteiger partial charge in [0.05, 0.1) is 12.2 Å². The van der Waals surface area contributed by atoms with Gasteiger partial charge >= 0.3 is 0 Å². The lowest BCUT2D eigenvalue weighted by molar-refractivity contribution is -0.119. The third-order valence-electron chi connectivity index (χ3n) is 2.43. The Hall–Kier alpha value is -1.03. The number of aryl methyl sites for hydroxylation is 2. The number of hydrogen-bond acceptors (Lipinski definition) is 2. The molecule has 17 heavy (non-hydrogen) atoms. The Kier molecular flexibility index (Phi) is 5.48. The highest BCUT2D eigenvalue weighted by Gasteiger charge is 2.06. The molecule has 0 saturated carbocycles. The largest absolute Gasteiger partial charge is 0.375 e. The van der Waals surface area contributed by atoms with Crippen molar-refractivity contribution in [2.24, 2.45) is 0 Å². The summed E-state index contributed by atoms with van der Waals surface area (Å²) in [4.78, 5) is 11.5. The number of carbonyl (C=O) groups excluding carboxylic acids is 1. The van der Waals surface area contributed by atoms with E-state index in [4.69, 9.17) is 0 Å². The molecule has 0 spiro atoms. The van der Waals surface area contributed by atoms with Gasteiger partial charge in [0.25, 0.3) is 0 Å². The minimum atomic E-state index is 0.0266. The van der Waals surface area contributed by atoms with E-state index in [1.807, 2.05) is 19.9 Å². The van der Waals surface area contributed by atoms with Crippen LogP contribution < -0.4 is 10.6 Å². The van der Waals surface area contributed by atoms with Gasteiger partial charge in [-0.3, -0.25) is 4.79 Å². The maximum absolute atomic E-state index is 11.5. The zero-order valence-corrected chi connectivity index (χ0v) is 12.1. The van der Waals surface area contributed by atoms with Crippen molar-refractivity contribution in [3.8, 4) is 0 Å². The van der Waals surface area contributed by atoms with Gasteiger partial charge in [0.2, 0.25) is 5.91 Å². The summed E-state index contributed by atoms with van der Waals surface area (Å²) in [6.45, 7) is 7.16. The van der Waals surface area contributed by atoms with Crippen LogP contribution in [0.25, 0.3) is 0 Å². The van der Waals surface area contributed by atoms with E-state index in [-0.39, 0.29) is 5.91 Å². The summed E-state index contributed by atoms with van der Waals surface area (Å²) < 4.78 is 0.998. The second-order valence-corrected chi connectivity index (χ2v) is 5.00. The molecule has 0 bridgehead atoms. The number of benzene rings is 1. The van der Waals surface area contributed by atoms with E-state index < -0.39 is 0 Å². The molecule has 1 aromatic rings. The maximum atomic E-state index is 11.5. The molecule has 4 heteroatoms. The van der Waals surface area contributed by atoms with Crippen molar-refractivity contribution in [1.29, 1.82) is 0 Å². The zero-order valence-electron chi connectivity index (χ0n) is 10.6. The van der Waals surface area contributed by atoms with Crippen LogP contribution in [0.3, 0.4) is 0 Å². The molecule has 1 aromatic carbocycles. The summed E-state index contributed by atoms with van der Waals surface area (Å²) in [7, 11) is 0. The smallest absolute Gasteiger partial charge is 0.239 e. The molecule has 0 atom stereocenters. The summed E-state index contributed by atoms with van der Waals surface area (Å²) in [6, 6.07) is 4.14. The molecule has 94 valence electrons. The lowest BCUT2D eigenvalue weighted by atomic mass is 10.1. The Bertz CT molecular complexity index is 381. The molecule has 0 heterocycles. The molecule has 0 aliphatic carbocycles. The molecule has 0 fully saturated rings. The van der Waals surface area contributed by atoms with Crippen LogP contribution in [0.2, 0.25) is 0 Å². The summed E-state index contributed by atoms with van der Waals surface area (Å²) >= 11 is 3.51. The van der Waals surface area contributed by atoms with Crippen LogP contribution in [-0.4, -0.2) is 19.0 Å². The molecule has 0 aliphatic heterocycles. The van der Waals surface area contributed by atoms with Gasteiger partial charge in [-0.2, -0.15) is 0 Å². The fourth-order valence-electron chi connectivity index (χ4n) is 1.64. The summed E-state index contributed by atoms with van der Waals surface area (Å²) in [5.74, 6) is 0.0266. The third kappa shape index (κ3) is 4.38. The van der Waals surface area contributed by atoms with Crippen molar-refractivity contribution in [3.63, 3.8) is 0 Å². The van der Waals surface area contributed by atoms with E-state index in [1.54, 1.807) is 0 Å². The molecule has 0 aliphatic rings. The van der Waals surface area contributed by atoms with Gasteiger partial charge in [-0.1, -0.05) is 13.0 Å². The number of amides is 1. The second-order valence-electron chi connectivity index (χ2n) is 4.14. The molecule has 2 N–H and O–H groups in total. The first kappa shape index (κ1) is 14.0. The van der Waals surface area contributed by atoms with E-state index in [2.05, 4.69) is 39.6 Å². The van der Waals surface area contributed by atoms with Gasteiger partial charge in [-0.15, -0.1) is 0 Å². The SMILES string of the molecule is CCCNC(=O)CNc1c(C)cc(C)cc1Br. The van der Waals surface area contributed by atoms with Gasteiger partial charge in [0, 0.05) is 11.0 Å². The second kappa shape index (κ2) is 6.64. The monoisotopic (exact) mass is 298 g/mol. The van der Waals surface area contributed by atoms with E-state index in [0.717, 1.165) is 28.7 Å². The standard InChI is InChI=1S/C13H19BrN2O/c1-4-5-15-12(17)8-16-13-10(3)6-9(2)7-11(13)14/h6-7,16H,4-5,8H2,1-3H3,(H,15,17). The lowest BCUT2D eigenvalue weighted by Crippen LogP contribution is -2.30. The Morgan fingerprint density at radius 2 is 2.06 bits per heavy atom. The highest BCUT2D eigenvalue weighted by atomic mass is 79.9. The number of rotatable bonds is 5. The third-order valence-corrected chi connectivity index (χ3v) is 3.06. The van der Waals surface area contributed by atoms with Crippen molar-refractivity contribution in [1.82, 2.24) is 5.32 Å². The van der Waals surface area contributed by atoms with Crippen molar-refractivity contribution in [2.75, 3.05) is 18.4 Å². The summed E-state index contributed by atoms with van der Waals surface area (Å²) in [5.41, 5.74) is 3.33. The molecule has 3 nitrogen and oxygen atoms in total. The Balaban J connectivity index is 2.60. The first-order valence-corrected chi connectivity index (χ1v) is 6.61. The minimum Gasteiger partial charge on any atom is -0.375 e. The quantitative estimate of drug-likeness (QED) is 0.877. The van der Waals surface area contributed by atoms with Crippen molar-refractivity contribution >= 4 is 27.5 Å². The molecule has 0 saturated heterocycles. The van der Waals surface area contributed by atoms with Crippen LogP contribution in [0, 0.1) is 13.8 Å². The first-order chi connectivity index (χ1) is 8.04. The number of halogens is 1. The van der Waals surface area contributed by atoms with Crippen molar-refractivity contribution in [3.05, 3.63) is 27.7 Å². The Morgan fingerprint density at radius 3 is 2.65 bits per heavy atom. The predicted molar refractivity (Wildman–Crippen MR) is 75.4 cm³/mol. The average molecular weight is 299 g/mol. The normalized spacial score (nSPS) is 10.1. The number of anilines is 1. The minimum absolute atomic E-state index is 0.0266. The predicted octanol–water partition coefficient (Wildman–Crippen LogP) is 3.00. The fourth-order valence-corrected chi connectivity index (χ4v) is 2.45. The molecule has 1 amide bonds. The highest BCUT2D eigenvalue weighted by Crippen LogP contribution is 2.27. The van der Waals surface area contributed by atoms with Gasteiger partial charge in [0.15, 0.2) is 0 Å². The average Bonchev–Trinajstić information content (AvgIpc) is 2.24. The van der Waals surface area contributed by atoms with Crippen molar-refractivity contribution < 1.29 is 4.79 Å². The molecular weight excluding hydrogens is 280 g/mol. The molecule has 0 aromatic heterocycles. The maximum Gasteiger partial charge on any atom is 0.239 e. The van der Waals surface area contributed by atoms with Crippen LogP contribution in [-0.2, 0) is 4.79 Å². The van der Waals surface area contributed by atoms with Crippen LogP contribution in [0.5, 0.6) is 0 Å². The van der Waals surface area contributed by atoms with Gasteiger partial charge < -0.3 is 10.6 Å². The highest BCUT2D eigenvalue weighted by molar-refractivity contribution is 9.10. The van der Waals surface area contributed by atoms with Gasteiger partial charge in [-0.05, 0) is 53.4 Å². The van der Waals surface area contributed by atoms with Crippen LogP contribution in [0.15, 0.2) is 16.6 Å². The van der Waals surface area contributed by atoms with E-state index in [1.165, 1.54) is 5.56 Å². The van der Waals surface area contributed by atoms with Crippen LogP contribution in [0.4, 0.5) is 5.69 Å². The van der Waals surface area contributed by atoms with Gasteiger partial charge in [0.1, 0.15) is 0 Å². The molecule has 1 rings (SSSR count). The van der Waals surface area contributed by atoms with Crippen molar-refractivity contribution in [2.45, 2.75) is 27.2 Å². The van der Waals surface area contributed by atoms with Crippen LogP contribution >= 0.6 is 15.9 Å². The van der Waals surface area contributed by atoms with E-state index in [0.29, 0.717) is 6.54 Å². The van der Waals surface area contributed by atoms with Crippen LogP contribution in [0.1, 0.15) is 24.5 Å². The van der Waals surface area contributed by atoms with Gasteiger partial charge in [-0.25, -0.2) is 0 Å². The molecular formula is C13H19BrN2O. The Labute approximate surface area is 111 Å². The Morgan fingerprint density at radius 1 is 1.35 bits per heavy atom. The summed E-state index contributed by atoms with van der Waals surface area (Å²) in [6.07, 6.45) is 0.957. The first-order valence-electron chi connectivity index (χ1n) is 5.82. The summed E-state index contributed by atoms with van der Waals surface area (Å²) in [5, 5.41) is 5.99. The van der Waals surface area contributed by atoms with E-state index >= 15 is 0 Å². The number of nitrogens with one attached hydrogen (secondary N) is 2. The molecule has 0 unspecified atom stereocenters. The zero-order chi connectivity index (χ0) is 12.8. The fraction of sp³-hybridized carbons (Fsp3) is 0.462. The topological polar surface area (TPSA) is 41.1 Å². The lowest BCUT2D eigenvalue weighted by Gasteiger charge is -2.12. The number of hydrogen-bond donors (Lipinski definition) is 2.